The molecule has 0 aromatic heterocycles. The molecule has 0 bridgehead atoms. The van der Waals surface area contributed by atoms with Crippen molar-refractivity contribution in [1.82, 2.24) is 5.43 Å². The number of hydrogen-bond acceptors (Lipinski definition) is 5. The van der Waals surface area contributed by atoms with Crippen molar-refractivity contribution in [2.45, 2.75) is 6.92 Å². The lowest BCUT2D eigenvalue weighted by molar-refractivity contribution is -0.119. The van der Waals surface area contributed by atoms with Gasteiger partial charge in [0.2, 0.25) is 5.91 Å². The largest absolute Gasteiger partial charge is 0.497 e. The summed E-state index contributed by atoms with van der Waals surface area (Å²) in [6.45, 7) is 1.55. The van der Waals surface area contributed by atoms with Gasteiger partial charge in [0.15, 0.2) is 0 Å². The zero-order valence-electron chi connectivity index (χ0n) is 14.1. The summed E-state index contributed by atoms with van der Waals surface area (Å²) in [7, 11) is 1.60. The van der Waals surface area contributed by atoms with Crippen LogP contribution < -0.4 is 20.8 Å². The Labute approximate surface area is 146 Å². The van der Waals surface area contributed by atoms with E-state index in [1.165, 1.54) is 13.1 Å². The number of nitrogens with zero attached hydrogens (tertiary/aromatic N) is 1. The summed E-state index contributed by atoms with van der Waals surface area (Å²) in [5.74, 6) is 0.365. The van der Waals surface area contributed by atoms with Gasteiger partial charge in [-0.25, -0.2) is 5.43 Å². The molecule has 3 N–H and O–H groups in total. The van der Waals surface area contributed by atoms with E-state index >= 15 is 0 Å². The highest BCUT2D eigenvalue weighted by atomic mass is 16.5. The molecule has 2 rings (SSSR count). The molecule has 0 unspecified atom stereocenters. The summed E-state index contributed by atoms with van der Waals surface area (Å²) in [4.78, 5) is 22.7. The number of amides is 2. The van der Waals surface area contributed by atoms with E-state index < -0.39 is 0 Å². The summed E-state index contributed by atoms with van der Waals surface area (Å²) in [6.07, 6.45) is 1.53. The van der Waals surface area contributed by atoms with E-state index in [2.05, 4.69) is 21.2 Å². The van der Waals surface area contributed by atoms with Crippen LogP contribution in [0.25, 0.3) is 0 Å². The third kappa shape index (κ3) is 6.34. The monoisotopic (exact) mass is 340 g/mol. The molecule has 0 spiro atoms. The number of hydrazone groups is 1. The molecule has 25 heavy (non-hydrogen) atoms. The minimum absolute atomic E-state index is 0.102. The normalized spacial score (nSPS) is 10.3. The average Bonchev–Trinajstić information content (AvgIpc) is 2.61. The third-order valence-electron chi connectivity index (χ3n) is 3.18. The van der Waals surface area contributed by atoms with Gasteiger partial charge in [-0.3, -0.25) is 9.59 Å². The fraction of sp³-hybridized carbons (Fsp3) is 0.167. The first-order chi connectivity index (χ1) is 12.1. The van der Waals surface area contributed by atoms with Crippen LogP contribution in [0, 0.1) is 0 Å². The first-order valence-electron chi connectivity index (χ1n) is 7.64. The molecule has 2 aromatic carbocycles. The summed E-state index contributed by atoms with van der Waals surface area (Å²) >= 11 is 0. The van der Waals surface area contributed by atoms with Crippen LogP contribution in [0.5, 0.6) is 5.75 Å². The summed E-state index contributed by atoms with van der Waals surface area (Å²) < 4.78 is 5.07. The van der Waals surface area contributed by atoms with E-state index in [9.17, 15) is 9.59 Å². The van der Waals surface area contributed by atoms with Gasteiger partial charge in [0.25, 0.3) is 5.91 Å². The van der Waals surface area contributed by atoms with Gasteiger partial charge in [-0.15, -0.1) is 0 Å². The molecule has 0 heterocycles. The Morgan fingerprint density at radius 1 is 1.04 bits per heavy atom. The maximum atomic E-state index is 11.7. The topological polar surface area (TPSA) is 91.8 Å². The second-order valence-corrected chi connectivity index (χ2v) is 5.18. The van der Waals surface area contributed by atoms with E-state index in [-0.39, 0.29) is 18.4 Å². The molecule has 0 radical (unpaired) electrons. The Bertz CT molecular complexity index is 740. The second kappa shape index (κ2) is 9.07. The minimum atomic E-state index is -0.262. The molecule has 0 saturated heterocycles. The molecule has 0 fully saturated rings. The van der Waals surface area contributed by atoms with E-state index in [1.807, 2.05) is 24.3 Å². The van der Waals surface area contributed by atoms with Crippen molar-refractivity contribution in [3.8, 4) is 5.75 Å². The fourth-order valence-corrected chi connectivity index (χ4v) is 1.97. The first-order valence-corrected chi connectivity index (χ1v) is 7.64. The van der Waals surface area contributed by atoms with Crippen molar-refractivity contribution >= 4 is 29.4 Å². The van der Waals surface area contributed by atoms with Crippen LogP contribution in [-0.4, -0.2) is 31.7 Å². The van der Waals surface area contributed by atoms with E-state index in [4.69, 9.17) is 4.74 Å². The quantitative estimate of drug-likeness (QED) is 0.532. The van der Waals surface area contributed by atoms with Gasteiger partial charge in [-0.1, -0.05) is 12.1 Å². The lowest BCUT2D eigenvalue weighted by Crippen LogP contribution is -2.25. The lowest BCUT2D eigenvalue weighted by Gasteiger charge is -2.06. The number of anilines is 2. The number of methoxy groups -OCH3 is 1. The molecule has 2 aromatic rings. The Kier molecular flexibility index (Phi) is 6.53. The predicted molar refractivity (Wildman–Crippen MR) is 98.0 cm³/mol. The van der Waals surface area contributed by atoms with Gasteiger partial charge in [-0.2, -0.15) is 5.10 Å². The van der Waals surface area contributed by atoms with Crippen LogP contribution in [0.4, 0.5) is 11.4 Å². The second-order valence-electron chi connectivity index (χ2n) is 5.18. The molecule has 130 valence electrons. The van der Waals surface area contributed by atoms with Gasteiger partial charge >= 0.3 is 0 Å². The van der Waals surface area contributed by atoms with E-state index in [0.29, 0.717) is 5.69 Å². The maximum Gasteiger partial charge on any atom is 0.259 e. The Morgan fingerprint density at radius 2 is 1.68 bits per heavy atom. The van der Waals surface area contributed by atoms with Crippen LogP contribution in [0.15, 0.2) is 53.6 Å². The molecule has 2 amide bonds. The smallest absolute Gasteiger partial charge is 0.259 e. The minimum Gasteiger partial charge on any atom is -0.497 e. The highest BCUT2D eigenvalue weighted by Gasteiger charge is 2.00. The molecule has 7 heteroatoms. The number of hydrogen-bond donors (Lipinski definition) is 3. The van der Waals surface area contributed by atoms with Crippen molar-refractivity contribution in [1.29, 1.82) is 0 Å². The van der Waals surface area contributed by atoms with Gasteiger partial charge in [-0.05, 0) is 42.0 Å². The number of rotatable bonds is 7. The first kappa shape index (κ1) is 18.0. The van der Waals surface area contributed by atoms with Crippen LogP contribution in [-0.2, 0) is 9.59 Å². The zero-order chi connectivity index (χ0) is 18.1. The van der Waals surface area contributed by atoms with Crippen LogP contribution in [0.3, 0.4) is 0 Å². The molecule has 0 aliphatic rings. The Hall–Kier alpha value is -3.35. The van der Waals surface area contributed by atoms with E-state index in [1.54, 1.807) is 31.4 Å². The average molecular weight is 340 g/mol. The summed E-state index contributed by atoms with van der Waals surface area (Å²) in [6, 6.07) is 14.4. The highest BCUT2D eigenvalue weighted by Crippen LogP contribution is 2.14. The number of nitrogens with one attached hydrogen (secondary N) is 3. The van der Waals surface area contributed by atoms with E-state index in [0.717, 1.165) is 17.0 Å². The molecular formula is C18H20N4O3. The third-order valence-corrected chi connectivity index (χ3v) is 3.18. The van der Waals surface area contributed by atoms with Gasteiger partial charge in [0, 0.05) is 18.3 Å². The number of ether oxygens (including phenoxy) is 1. The standard InChI is InChI=1S/C18H20N4O3/c1-13(23)21-16-5-3-14(4-6-16)11-20-22-18(24)12-19-15-7-9-17(25-2)10-8-15/h3-11,19H,12H2,1-2H3,(H,21,23)(H,22,24)/b20-11-. The van der Waals surface area contributed by atoms with Crippen LogP contribution in [0.2, 0.25) is 0 Å². The summed E-state index contributed by atoms with van der Waals surface area (Å²) in [5, 5.41) is 9.56. The zero-order valence-corrected chi connectivity index (χ0v) is 14.1. The van der Waals surface area contributed by atoms with Crippen molar-refractivity contribution in [2.75, 3.05) is 24.3 Å². The predicted octanol–water partition coefficient (Wildman–Crippen LogP) is 2.22. The number of carbonyl (C=O) groups is 2. The van der Waals surface area contributed by atoms with Crippen molar-refractivity contribution < 1.29 is 14.3 Å². The van der Waals surface area contributed by atoms with Crippen molar-refractivity contribution in [2.24, 2.45) is 5.10 Å². The molecule has 0 aliphatic heterocycles. The van der Waals surface area contributed by atoms with Crippen molar-refractivity contribution in [3.63, 3.8) is 0 Å². The van der Waals surface area contributed by atoms with Gasteiger partial charge < -0.3 is 15.4 Å². The van der Waals surface area contributed by atoms with Gasteiger partial charge in [0.05, 0.1) is 19.9 Å². The highest BCUT2D eigenvalue weighted by molar-refractivity contribution is 5.89. The summed E-state index contributed by atoms with van der Waals surface area (Å²) in [5.41, 5.74) is 4.77. The molecule has 0 saturated carbocycles. The molecule has 0 aliphatic carbocycles. The maximum absolute atomic E-state index is 11.7. The van der Waals surface area contributed by atoms with Gasteiger partial charge in [0.1, 0.15) is 5.75 Å². The Balaban J connectivity index is 1.76. The molecule has 0 atom stereocenters. The fourth-order valence-electron chi connectivity index (χ4n) is 1.97. The molecular weight excluding hydrogens is 320 g/mol. The van der Waals surface area contributed by atoms with Crippen molar-refractivity contribution in [3.05, 3.63) is 54.1 Å². The SMILES string of the molecule is COc1ccc(NCC(=O)N/N=C\c2ccc(NC(C)=O)cc2)cc1. The van der Waals surface area contributed by atoms with Crippen LogP contribution >= 0.6 is 0 Å². The lowest BCUT2D eigenvalue weighted by atomic mass is 10.2. The molecule has 7 nitrogen and oxygen atoms in total. The number of benzene rings is 2. The Morgan fingerprint density at radius 3 is 2.28 bits per heavy atom. The number of carbonyl (C=O) groups excluding carboxylic acids is 2. The van der Waals surface area contributed by atoms with Crippen LogP contribution in [0.1, 0.15) is 12.5 Å².